The topological polar surface area (TPSA) is 80.0 Å². The second-order valence-corrected chi connectivity index (χ2v) is 9.12. The maximum absolute atomic E-state index is 14.6. The molecule has 0 saturated heterocycles. The van der Waals surface area contributed by atoms with Gasteiger partial charge in [0.25, 0.3) is 0 Å². The molecule has 2 amide bonds. The van der Waals surface area contributed by atoms with Crippen molar-refractivity contribution in [3.63, 3.8) is 0 Å². The van der Waals surface area contributed by atoms with Crippen molar-refractivity contribution in [2.24, 2.45) is 0 Å². The van der Waals surface area contributed by atoms with Crippen LogP contribution in [0, 0.1) is 12.7 Å². The smallest absolute Gasteiger partial charge is 0.361 e. The highest BCUT2D eigenvalue weighted by Crippen LogP contribution is 2.38. The van der Waals surface area contributed by atoms with E-state index in [0.717, 1.165) is 37.8 Å². The molecule has 1 atom stereocenters. The van der Waals surface area contributed by atoms with Crippen LogP contribution in [0.1, 0.15) is 54.0 Å². The molecular formula is C24H23ClF4N4O2. The zero-order chi connectivity index (χ0) is 25.2. The van der Waals surface area contributed by atoms with Crippen LogP contribution < -0.4 is 10.6 Å². The number of hydrogen-bond acceptors (Lipinski definition) is 4. The molecule has 1 aliphatic carbocycles. The lowest BCUT2D eigenvalue weighted by Gasteiger charge is -2.35. The summed E-state index contributed by atoms with van der Waals surface area (Å²) in [7, 11) is 0. The van der Waals surface area contributed by atoms with Crippen LogP contribution in [0.3, 0.4) is 0 Å². The largest absolute Gasteiger partial charge is 0.416 e. The Kier molecular flexibility index (Phi) is 7.02. The molecule has 2 N–H and O–H groups in total. The van der Waals surface area contributed by atoms with Crippen LogP contribution in [-0.2, 0) is 18.1 Å². The first kappa shape index (κ1) is 25.0. The molecule has 0 unspecified atom stereocenters. The van der Waals surface area contributed by atoms with E-state index in [1.807, 2.05) is 0 Å². The number of rotatable bonds is 6. The van der Waals surface area contributed by atoms with E-state index in [1.54, 1.807) is 13.0 Å². The zero-order valence-electron chi connectivity index (χ0n) is 18.8. The Balaban J connectivity index is 1.88. The van der Waals surface area contributed by atoms with E-state index < -0.39 is 29.1 Å². The minimum Gasteiger partial charge on any atom is -0.361 e. The van der Waals surface area contributed by atoms with E-state index in [2.05, 4.69) is 20.8 Å². The minimum atomic E-state index is -4.81. The lowest BCUT2D eigenvalue weighted by molar-refractivity contribution is -0.137. The van der Waals surface area contributed by atoms with Crippen LogP contribution in [0.25, 0.3) is 0 Å². The van der Waals surface area contributed by atoms with Gasteiger partial charge in [-0.15, -0.1) is 0 Å². The molecule has 1 fully saturated rings. The predicted molar refractivity (Wildman–Crippen MR) is 120 cm³/mol. The SMILES string of the molecule is Cc1cc(C[C@](NC(=O)NC2CCCC2)(c2cc(F)cc(C(F)(F)F)c2)c2ccc(Cl)cn2)on1. The summed E-state index contributed by atoms with van der Waals surface area (Å²) in [5, 5.41) is 9.79. The van der Waals surface area contributed by atoms with E-state index in [9.17, 15) is 22.4 Å². The highest BCUT2D eigenvalue weighted by Gasteiger charge is 2.42. The van der Waals surface area contributed by atoms with Gasteiger partial charge in [0, 0.05) is 24.7 Å². The normalized spacial score (nSPS) is 16.2. The monoisotopic (exact) mass is 510 g/mol. The molecule has 2 heterocycles. The number of nitrogens with zero attached hydrogens (tertiary/aromatic N) is 2. The Morgan fingerprint density at radius 3 is 2.46 bits per heavy atom. The number of urea groups is 1. The van der Waals surface area contributed by atoms with Gasteiger partial charge in [-0.3, -0.25) is 4.98 Å². The summed E-state index contributed by atoms with van der Waals surface area (Å²) in [6, 6.07) is 6.01. The van der Waals surface area contributed by atoms with Gasteiger partial charge in [0.1, 0.15) is 17.1 Å². The maximum atomic E-state index is 14.6. The van der Waals surface area contributed by atoms with Crippen molar-refractivity contribution in [2.75, 3.05) is 0 Å². The predicted octanol–water partition coefficient (Wildman–Crippen LogP) is 5.92. The van der Waals surface area contributed by atoms with Crippen LogP contribution in [-0.4, -0.2) is 22.2 Å². The van der Waals surface area contributed by atoms with E-state index in [0.29, 0.717) is 11.8 Å². The fraction of sp³-hybridized carbons (Fsp3) is 0.375. The van der Waals surface area contributed by atoms with E-state index in [1.165, 1.54) is 18.3 Å². The first-order valence-corrected chi connectivity index (χ1v) is 11.4. The van der Waals surface area contributed by atoms with Crippen molar-refractivity contribution in [2.45, 2.75) is 56.8 Å². The van der Waals surface area contributed by atoms with Gasteiger partial charge in [0.2, 0.25) is 0 Å². The van der Waals surface area contributed by atoms with Crippen LogP contribution in [0.5, 0.6) is 0 Å². The Labute approximate surface area is 204 Å². The van der Waals surface area contributed by atoms with Crippen molar-refractivity contribution in [3.8, 4) is 0 Å². The van der Waals surface area contributed by atoms with Gasteiger partial charge in [-0.1, -0.05) is 29.6 Å². The van der Waals surface area contributed by atoms with Gasteiger partial charge in [0.05, 0.1) is 22.0 Å². The Bertz CT molecular complexity index is 1190. The number of nitrogens with one attached hydrogen (secondary N) is 2. The Morgan fingerprint density at radius 2 is 1.86 bits per heavy atom. The number of halogens is 5. The lowest BCUT2D eigenvalue weighted by Crippen LogP contribution is -2.54. The standard InChI is InChI=1S/C24H23ClF4N4O2/c1-14-8-20(35-33-14)12-23(21-7-6-17(25)13-30-21,32-22(34)31-19-4-2-3-5-19)15-9-16(24(27,28)29)11-18(26)10-15/h6-11,13,19H,2-5,12H2,1H3,(H2,31,32,34)/t23-/m0/s1. The van der Waals surface area contributed by atoms with Crippen molar-refractivity contribution in [3.05, 3.63) is 81.7 Å². The van der Waals surface area contributed by atoms with Gasteiger partial charge >= 0.3 is 12.2 Å². The lowest BCUT2D eigenvalue weighted by atomic mass is 9.81. The molecular weight excluding hydrogens is 488 g/mol. The molecule has 6 nitrogen and oxygen atoms in total. The van der Waals surface area contributed by atoms with Gasteiger partial charge in [-0.25, -0.2) is 9.18 Å². The molecule has 1 aromatic carbocycles. The third-order valence-electron chi connectivity index (χ3n) is 6.02. The molecule has 35 heavy (non-hydrogen) atoms. The summed E-state index contributed by atoms with van der Waals surface area (Å²) < 4.78 is 60.8. The summed E-state index contributed by atoms with van der Waals surface area (Å²) in [6.07, 6.45) is -0.182. The highest BCUT2D eigenvalue weighted by atomic mass is 35.5. The molecule has 0 bridgehead atoms. The highest BCUT2D eigenvalue weighted by molar-refractivity contribution is 6.30. The number of pyridine rings is 1. The minimum absolute atomic E-state index is 0.0725. The first-order chi connectivity index (χ1) is 16.5. The average Bonchev–Trinajstić information content (AvgIpc) is 3.44. The zero-order valence-corrected chi connectivity index (χ0v) is 19.5. The second-order valence-electron chi connectivity index (χ2n) is 8.68. The molecule has 3 aromatic rings. The Hall–Kier alpha value is -3.14. The third kappa shape index (κ3) is 5.75. The maximum Gasteiger partial charge on any atom is 0.416 e. The van der Waals surface area contributed by atoms with Crippen molar-refractivity contribution >= 4 is 17.6 Å². The van der Waals surface area contributed by atoms with Gasteiger partial charge in [-0.05, 0) is 55.7 Å². The number of carbonyl (C=O) groups is 1. The molecule has 0 radical (unpaired) electrons. The summed E-state index contributed by atoms with van der Waals surface area (Å²) in [4.78, 5) is 17.4. The number of aromatic nitrogens is 2. The molecule has 186 valence electrons. The number of hydrogen-bond donors (Lipinski definition) is 2. The molecule has 1 aliphatic rings. The molecule has 2 aromatic heterocycles. The molecule has 1 saturated carbocycles. The van der Waals surface area contributed by atoms with Crippen molar-refractivity contribution < 1.29 is 26.9 Å². The molecule has 0 spiro atoms. The van der Waals surface area contributed by atoms with Gasteiger partial charge in [0.15, 0.2) is 0 Å². The number of benzene rings is 1. The summed E-state index contributed by atoms with van der Waals surface area (Å²) in [6.45, 7) is 1.68. The second kappa shape index (κ2) is 9.85. The molecule has 11 heteroatoms. The van der Waals surface area contributed by atoms with Crippen molar-refractivity contribution in [1.29, 1.82) is 0 Å². The number of alkyl halides is 3. The van der Waals surface area contributed by atoms with Gasteiger partial charge in [-0.2, -0.15) is 13.2 Å². The average molecular weight is 511 g/mol. The van der Waals surface area contributed by atoms with Gasteiger partial charge < -0.3 is 15.2 Å². The molecule has 0 aliphatic heterocycles. The molecule has 4 rings (SSSR count). The number of aryl methyl sites for hydroxylation is 1. The van der Waals surface area contributed by atoms with Crippen LogP contribution in [0.4, 0.5) is 22.4 Å². The van der Waals surface area contributed by atoms with Crippen LogP contribution in [0.2, 0.25) is 5.02 Å². The first-order valence-electron chi connectivity index (χ1n) is 11.1. The van der Waals surface area contributed by atoms with Crippen LogP contribution >= 0.6 is 11.6 Å². The fourth-order valence-corrected chi connectivity index (χ4v) is 4.51. The van der Waals surface area contributed by atoms with E-state index >= 15 is 0 Å². The van der Waals surface area contributed by atoms with Crippen molar-refractivity contribution in [1.82, 2.24) is 20.8 Å². The summed E-state index contributed by atoms with van der Waals surface area (Å²) in [5.74, 6) is -0.849. The quantitative estimate of drug-likeness (QED) is 0.404. The van der Waals surface area contributed by atoms with Crippen LogP contribution in [0.15, 0.2) is 47.1 Å². The summed E-state index contributed by atoms with van der Waals surface area (Å²) in [5.41, 5.74) is -2.41. The third-order valence-corrected chi connectivity index (χ3v) is 6.24. The number of amides is 2. The fourth-order valence-electron chi connectivity index (χ4n) is 4.40. The Morgan fingerprint density at radius 1 is 1.14 bits per heavy atom. The number of carbonyl (C=O) groups excluding carboxylic acids is 1. The van der Waals surface area contributed by atoms with E-state index in [-0.39, 0.29) is 34.5 Å². The van der Waals surface area contributed by atoms with E-state index in [4.69, 9.17) is 16.1 Å². The summed E-state index contributed by atoms with van der Waals surface area (Å²) >= 11 is 6.00.